The number of benzene rings is 7. The van der Waals surface area contributed by atoms with E-state index in [9.17, 15) is 0 Å². The molecule has 574 valence electrons. The summed E-state index contributed by atoms with van der Waals surface area (Å²) < 4.78 is 60.4. The topological polar surface area (TPSA) is 27.2 Å². The van der Waals surface area contributed by atoms with Crippen molar-refractivity contribution in [3.63, 3.8) is 0 Å². The van der Waals surface area contributed by atoms with Gasteiger partial charge in [0.25, 0.3) is 0 Å². The van der Waals surface area contributed by atoms with Gasteiger partial charge in [0, 0.05) is 155 Å². The zero-order chi connectivity index (χ0) is 86.9. The molecule has 7 nitrogen and oxygen atoms in total. The number of rotatable bonds is 7. The monoisotopic (exact) mass is 1490 g/mol. The summed E-state index contributed by atoms with van der Waals surface area (Å²) in [4.78, 5) is 0. The molecule has 0 atom stereocenters. The second-order valence-corrected chi connectivity index (χ2v) is 30.3. The van der Waals surface area contributed by atoms with E-state index < -0.39 is 13.7 Å². The van der Waals surface area contributed by atoms with Gasteiger partial charge in [0.15, 0.2) is 40.9 Å². The van der Waals surface area contributed by atoms with Gasteiger partial charge in [0.2, 0.25) is 39.9 Å². The highest BCUT2D eigenvalue weighted by Gasteiger charge is 2.22. The van der Waals surface area contributed by atoms with Crippen molar-refractivity contribution in [2.75, 3.05) is 0 Å². The van der Waals surface area contributed by atoms with Gasteiger partial charge in [0.1, 0.15) is 49.3 Å². The standard InChI is InChI=1S/7C15H18N/c2*1-11-7-5-9-14(13(11)3)15-10-6-8-12(2)16(15)4;2*1-11-7-5-8-12(2)14(11)15-13(3)9-6-10-16(15)4;2*1-11-8-9-14(12(2)10-11)15-7-5-6-13(3)16(15)4;1-11-8-9-12(2)14(10-11)15-7-5-6-13(3)16(15)4/h7*5-10H,1-4H3/q7*+1/i1D3;;;;1D3;;. The van der Waals surface area contributed by atoms with Crippen LogP contribution in [0, 0.1) is 145 Å². The van der Waals surface area contributed by atoms with E-state index in [0.29, 0.717) is 11.1 Å². The Hall–Kier alpha value is -11.4. The molecule has 7 aromatic carbocycles. The van der Waals surface area contributed by atoms with Gasteiger partial charge in [-0.05, 0) is 245 Å². The summed E-state index contributed by atoms with van der Waals surface area (Å²) in [6.45, 7) is 36.2. The summed E-state index contributed by atoms with van der Waals surface area (Å²) in [5, 5.41) is 0. The van der Waals surface area contributed by atoms with Crippen LogP contribution in [0.4, 0.5) is 0 Å². The van der Waals surface area contributed by atoms with Gasteiger partial charge in [-0.1, -0.05) is 114 Å². The molecule has 0 saturated carbocycles. The number of pyridine rings is 7. The first-order valence-electron chi connectivity index (χ1n) is 41.9. The van der Waals surface area contributed by atoms with E-state index in [4.69, 9.17) is 8.22 Å². The quantitative estimate of drug-likeness (QED) is 0.142. The van der Waals surface area contributed by atoms with Gasteiger partial charge in [-0.25, -0.2) is 9.13 Å². The lowest BCUT2D eigenvalue weighted by atomic mass is 9.97. The Bertz CT molecular complexity index is 5490. The van der Waals surface area contributed by atoms with Gasteiger partial charge in [0.05, 0.1) is 11.1 Å². The Morgan fingerprint density at radius 3 is 0.848 bits per heavy atom. The van der Waals surface area contributed by atoms with Gasteiger partial charge >= 0.3 is 0 Å². The zero-order valence-corrected chi connectivity index (χ0v) is 71.9. The minimum absolute atomic E-state index is 0.393. The summed E-state index contributed by atoms with van der Waals surface area (Å²) in [5.74, 6) is 0. The van der Waals surface area contributed by atoms with Crippen molar-refractivity contribution < 1.29 is 40.2 Å². The molecule has 14 rings (SSSR count). The Labute approximate surface area is 682 Å². The number of hydrogen-bond donors (Lipinski definition) is 0. The fourth-order valence-electron chi connectivity index (χ4n) is 14.4. The van der Waals surface area contributed by atoms with Crippen molar-refractivity contribution in [1.29, 1.82) is 0 Å². The molecule has 0 amide bonds. The van der Waals surface area contributed by atoms with E-state index in [0.717, 1.165) is 45.0 Å². The van der Waals surface area contributed by atoms with Crippen molar-refractivity contribution in [3.05, 3.63) is 373 Å². The molecular weight excluding hydrogens is 1360 g/mol. The molecule has 7 heteroatoms. The van der Waals surface area contributed by atoms with Crippen molar-refractivity contribution in [1.82, 2.24) is 0 Å². The molecule has 0 radical (unpaired) electrons. The first-order valence-corrected chi connectivity index (χ1v) is 38.9. The molecule has 7 aromatic heterocycles. The smallest absolute Gasteiger partial charge is 0.201 e. The summed E-state index contributed by atoms with van der Waals surface area (Å²) in [6, 6.07) is 83.4. The molecule has 0 aliphatic rings. The molecule has 112 heavy (non-hydrogen) atoms. The lowest BCUT2D eigenvalue weighted by Crippen LogP contribution is -2.34. The van der Waals surface area contributed by atoms with Gasteiger partial charge < -0.3 is 0 Å². The van der Waals surface area contributed by atoms with E-state index in [2.05, 4.69) is 366 Å². The number of hydrogen-bond acceptors (Lipinski definition) is 0. The highest BCUT2D eigenvalue weighted by atomic mass is 15.0. The largest absolute Gasteiger partial charge is 0.215 e. The van der Waals surface area contributed by atoms with Crippen LogP contribution >= 0.6 is 0 Å². The van der Waals surface area contributed by atoms with Crippen LogP contribution in [-0.2, 0) is 49.3 Å². The highest BCUT2D eigenvalue weighted by Crippen LogP contribution is 2.31. The highest BCUT2D eigenvalue weighted by molar-refractivity contribution is 5.70. The van der Waals surface area contributed by atoms with Crippen LogP contribution in [0.15, 0.2) is 255 Å². The number of aryl methyl sites for hydroxylation is 21. The summed E-state index contributed by atoms with van der Waals surface area (Å²) in [5.41, 5.74) is 42.1. The Morgan fingerprint density at radius 2 is 0.491 bits per heavy atom. The fraction of sp³-hybridized carbons (Fsp3) is 0.267. The van der Waals surface area contributed by atoms with Crippen LogP contribution in [-0.4, -0.2) is 0 Å². The minimum atomic E-state index is -2.07. The van der Waals surface area contributed by atoms with E-state index in [1.54, 1.807) is 18.2 Å². The lowest BCUT2D eigenvalue weighted by molar-refractivity contribution is -0.666. The maximum atomic E-state index is 7.60. The third kappa shape index (κ3) is 21.4. The minimum Gasteiger partial charge on any atom is -0.201 e. The molecule has 0 unspecified atom stereocenters. The molecule has 0 N–H and O–H groups in total. The zero-order valence-electron chi connectivity index (χ0n) is 77.9. The van der Waals surface area contributed by atoms with E-state index >= 15 is 0 Å². The fourth-order valence-corrected chi connectivity index (χ4v) is 14.4. The lowest BCUT2D eigenvalue weighted by Gasteiger charge is -2.09. The van der Waals surface area contributed by atoms with Gasteiger partial charge in [-0.3, -0.25) is 0 Å². The van der Waals surface area contributed by atoms with E-state index in [-0.39, 0.29) is 0 Å². The van der Waals surface area contributed by atoms with Crippen molar-refractivity contribution in [3.8, 4) is 78.8 Å². The molecular formula is C105H126N7+7. The van der Waals surface area contributed by atoms with Gasteiger partial charge in [-0.15, -0.1) is 0 Å². The average molecular weight is 1490 g/mol. The molecule has 0 bridgehead atoms. The summed E-state index contributed by atoms with van der Waals surface area (Å²) in [6.07, 6.45) is 4.21. The maximum Gasteiger partial charge on any atom is 0.215 e. The SMILES string of the molecule is Cc1ccc(-c2cccc(C)[n+]2C)c(C)c1.Cc1ccc(C)c(-c2cccc(C)[n+]2C)c1.Cc1cccc(-c2cccc(C)[n+]2C)c1C.Cc1cccc(C)c1-c1c(C)ccc[n+]1C.Cc1cccc(C)c1-c1c(C)ccc[n+]1C.[2H]C([2H])([2H])c1ccc(-c2cccc(C)[n+]2C)c(C)c1.[2H]C([2H])([2H])c1cccc(-c2cccc(C)[n+]2C)c1C. The predicted molar refractivity (Wildman–Crippen MR) is 471 cm³/mol. The summed E-state index contributed by atoms with van der Waals surface area (Å²) in [7, 11) is 14.6. The summed E-state index contributed by atoms with van der Waals surface area (Å²) >= 11 is 0. The van der Waals surface area contributed by atoms with Crippen LogP contribution < -0.4 is 32.0 Å². The molecule has 0 fully saturated rings. The molecule has 14 aromatic rings. The van der Waals surface area contributed by atoms with Crippen LogP contribution in [0.5, 0.6) is 0 Å². The van der Waals surface area contributed by atoms with Gasteiger partial charge in [-0.2, -0.15) is 22.8 Å². The van der Waals surface area contributed by atoms with Crippen LogP contribution in [0.2, 0.25) is 0 Å². The Kier molecular flexibility index (Phi) is 27.3. The van der Waals surface area contributed by atoms with Crippen molar-refractivity contribution >= 4 is 0 Å². The second kappa shape index (κ2) is 39.5. The van der Waals surface area contributed by atoms with Crippen LogP contribution in [0.1, 0.15) is 126 Å². The predicted octanol–water partition coefficient (Wildman–Crippen LogP) is 21.7. The molecule has 0 spiro atoms. The Morgan fingerprint density at radius 1 is 0.205 bits per heavy atom. The Balaban J connectivity index is 0.000000172. The first-order chi connectivity index (χ1) is 55.6. The van der Waals surface area contributed by atoms with Crippen LogP contribution in [0.25, 0.3) is 78.8 Å². The number of nitrogens with zero attached hydrogens (tertiary/aromatic N) is 7. The average Bonchev–Trinajstić information content (AvgIpc) is 0.815. The normalized spacial score (nSPS) is 11.5. The third-order valence-corrected chi connectivity index (χ3v) is 21.9. The van der Waals surface area contributed by atoms with E-state index in [1.807, 2.05) is 83.4 Å². The van der Waals surface area contributed by atoms with Crippen molar-refractivity contribution in [2.45, 2.75) is 145 Å². The van der Waals surface area contributed by atoms with E-state index in [1.165, 1.54) is 140 Å². The number of aromatic nitrogens is 7. The van der Waals surface area contributed by atoms with Crippen LogP contribution in [0.3, 0.4) is 0 Å². The first kappa shape index (κ1) is 77.3. The molecule has 0 saturated heterocycles. The van der Waals surface area contributed by atoms with Crippen molar-refractivity contribution in [2.24, 2.45) is 49.3 Å². The molecule has 0 aliphatic carbocycles. The molecule has 7 heterocycles. The molecule has 0 aliphatic heterocycles. The maximum absolute atomic E-state index is 7.60. The second-order valence-electron chi connectivity index (χ2n) is 30.3. The third-order valence-electron chi connectivity index (χ3n) is 21.9.